The highest BCUT2D eigenvalue weighted by Gasteiger charge is 2.13. The van der Waals surface area contributed by atoms with E-state index in [1.807, 2.05) is 18.7 Å². The molecule has 0 saturated heterocycles. The Labute approximate surface area is 135 Å². The molecule has 0 spiro atoms. The van der Waals surface area contributed by atoms with Crippen LogP contribution in [-0.2, 0) is 6.54 Å². The maximum atomic E-state index is 4.66. The van der Waals surface area contributed by atoms with Crippen LogP contribution in [0.15, 0.2) is 23.7 Å². The van der Waals surface area contributed by atoms with Gasteiger partial charge in [-0.2, -0.15) is 0 Å². The highest BCUT2D eigenvalue weighted by atomic mass is 15.2. The third-order valence-corrected chi connectivity index (χ3v) is 3.46. The fourth-order valence-corrected chi connectivity index (χ4v) is 2.14. The first-order valence-electron chi connectivity index (χ1n) is 8.41. The molecule has 1 aromatic rings. The Morgan fingerprint density at radius 3 is 2.73 bits per heavy atom. The molecule has 1 heterocycles. The molecular formula is C17H33N5. The lowest BCUT2D eigenvalue weighted by molar-refractivity contribution is 0.346. The van der Waals surface area contributed by atoms with Crippen LogP contribution >= 0.6 is 0 Å². The summed E-state index contributed by atoms with van der Waals surface area (Å²) in [4.78, 5) is 8.71. The smallest absolute Gasteiger partial charge is 0.191 e. The molecule has 1 aromatic heterocycles. The fourth-order valence-electron chi connectivity index (χ4n) is 2.14. The van der Waals surface area contributed by atoms with Gasteiger partial charge in [-0.3, -0.25) is 4.99 Å². The Balaban J connectivity index is 2.34. The average molecular weight is 307 g/mol. The molecule has 0 aromatic carbocycles. The molecule has 5 nitrogen and oxygen atoms in total. The molecule has 0 saturated carbocycles. The lowest BCUT2D eigenvalue weighted by atomic mass is 9.89. The molecule has 0 bridgehead atoms. The number of nitrogens with zero attached hydrogens (tertiary/aromatic N) is 3. The number of aryl methyl sites for hydroxylation is 1. The van der Waals surface area contributed by atoms with Crippen molar-refractivity contribution in [1.29, 1.82) is 0 Å². The van der Waals surface area contributed by atoms with Crippen molar-refractivity contribution in [2.24, 2.45) is 10.4 Å². The summed E-state index contributed by atoms with van der Waals surface area (Å²) < 4.78 is 2.09. The summed E-state index contributed by atoms with van der Waals surface area (Å²) in [6.07, 6.45) is 9.03. The Kier molecular flexibility index (Phi) is 7.99. The van der Waals surface area contributed by atoms with Crippen molar-refractivity contribution in [3.63, 3.8) is 0 Å². The quantitative estimate of drug-likeness (QED) is 0.441. The van der Waals surface area contributed by atoms with E-state index in [-0.39, 0.29) is 0 Å². The van der Waals surface area contributed by atoms with Crippen LogP contribution in [0.2, 0.25) is 0 Å². The van der Waals surface area contributed by atoms with Crippen molar-refractivity contribution in [2.75, 3.05) is 13.1 Å². The van der Waals surface area contributed by atoms with Gasteiger partial charge in [0.05, 0.1) is 6.33 Å². The van der Waals surface area contributed by atoms with Gasteiger partial charge < -0.3 is 15.2 Å². The van der Waals surface area contributed by atoms with Gasteiger partial charge in [0.15, 0.2) is 5.96 Å². The summed E-state index contributed by atoms with van der Waals surface area (Å²) in [5, 5.41) is 6.83. The second-order valence-electron chi connectivity index (χ2n) is 7.06. The van der Waals surface area contributed by atoms with E-state index >= 15 is 0 Å². The normalized spacial score (nSPS) is 14.0. The maximum absolute atomic E-state index is 4.66. The van der Waals surface area contributed by atoms with Crippen molar-refractivity contribution in [1.82, 2.24) is 20.2 Å². The highest BCUT2D eigenvalue weighted by Crippen LogP contribution is 2.21. The largest absolute Gasteiger partial charge is 0.357 e. The monoisotopic (exact) mass is 307 g/mol. The Morgan fingerprint density at radius 2 is 2.14 bits per heavy atom. The number of guanidine groups is 1. The lowest BCUT2D eigenvalue weighted by Gasteiger charge is -2.23. The molecule has 2 N–H and O–H groups in total. The van der Waals surface area contributed by atoms with Gasteiger partial charge >= 0.3 is 0 Å². The molecule has 0 aliphatic heterocycles. The summed E-state index contributed by atoms with van der Waals surface area (Å²) in [5.74, 6) is 0.926. The molecule has 1 rings (SSSR count). The first-order chi connectivity index (χ1) is 10.4. The van der Waals surface area contributed by atoms with Crippen LogP contribution in [0.1, 0.15) is 53.9 Å². The van der Waals surface area contributed by atoms with Crippen LogP contribution in [0.4, 0.5) is 0 Å². The van der Waals surface area contributed by atoms with Crippen LogP contribution in [0.3, 0.4) is 0 Å². The molecule has 0 aliphatic carbocycles. The second kappa shape index (κ2) is 9.49. The third-order valence-electron chi connectivity index (χ3n) is 3.46. The zero-order chi connectivity index (χ0) is 16.4. The molecule has 0 amide bonds. The summed E-state index contributed by atoms with van der Waals surface area (Å²) in [6, 6.07) is 0.436. The zero-order valence-electron chi connectivity index (χ0n) is 14.9. The van der Waals surface area contributed by atoms with Gasteiger partial charge in [0.1, 0.15) is 0 Å². The molecule has 0 fully saturated rings. The SMILES string of the molecule is CCNC(=NCCCn1ccnc1)NC(C)CCC(C)(C)C. The first kappa shape index (κ1) is 18.5. The number of aromatic nitrogens is 2. The van der Waals surface area contributed by atoms with E-state index in [1.165, 1.54) is 6.42 Å². The van der Waals surface area contributed by atoms with Gasteiger partial charge in [0.25, 0.3) is 0 Å². The molecule has 126 valence electrons. The van der Waals surface area contributed by atoms with Crippen LogP contribution in [0, 0.1) is 5.41 Å². The van der Waals surface area contributed by atoms with E-state index < -0.39 is 0 Å². The van der Waals surface area contributed by atoms with Gasteiger partial charge in [-0.15, -0.1) is 0 Å². The first-order valence-corrected chi connectivity index (χ1v) is 8.41. The highest BCUT2D eigenvalue weighted by molar-refractivity contribution is 5.79. The summed E-state index contributed by atoms with van der Waals surface area (Å²) in [7, 11) is 0. The van der Waals surface area contributed by atoms with E-state index in [1.54, 1.807) is 0 Å². The minimum absolute atomic E-state index is 0.385. The van der Waals surface area contributed by atoms with Gasteiger partial charge in [-0.25, -0.2) is 4.98 Å². The maximum Gasteiger partial charge on any atom is 0.191 e. The molecule has 0 radical (unpaired) electrons. The molecule has 0 aliphatic rings. The van der Waals surface area contributed by atoms with Crippen molar-refractivity contribution in [3.8, 4) is 0 Å². The number of aliphatic imine (C=N–C) groups is 1. The Hall–Kier alpha value is -1.52. The molecular weight excluding hydrogens is 274 g/mol. The molecule has 1 atom stereocenters. The van der Waals surface area contributed by atoms with E-state index in [2.05, 4.69) is 59.8 Å². The van der Waals surface area contributed by atoms with E-state index in [0.717, 1.165) is 38.4 Å². The molecule has 22 heavy (non-hydrogen) atoms. The number of hydrogen-bond donors (Lipinski definition) is 2. The van der Waals surface area contributed by atoms with Crippen molar-refractivity contribution >= 4 is 5.96 Å². The lowest BCUT2D eigenvalue weighted by Crippen LogP contribution is -2.42. The average Bonchev–Trinajstić information content (AvgIpc) is 2.94. The Bertz CT molecular complexity index is 417. The number of nitrogens with one attached hydrogen (secondary N) is 2. The molecule has 5 heteroatoms. The van der Waals surface area contributed by atoms with Gasteiger partial charge in [-0.05, 0) is 38.5 Å². The number of hydrogen-bond acceptors (Lipinski definition) is 2. The fraction of sp³-hybridized carbons (Fsp3) is 0.765. The summed E-state index contributed by atoms with van der Waals surface area (Å²) >= 11 is 0. The molecule has 1 unspecified atom stereocenters. The van der Waals surface area contributed by atoms with E-state index in [0.29, 0.717) is 11.5 Å². The van der Waals surface area contributed by atoms with Crippen molar-refractivity contribution < 1.29 is 0 Å². The number of imidazole rings is 1. The summed E-state index contributed by atoms with van der Waals surface area (Å²) in [5.41, 5.74) is 0.385. The minimum Gasteiger partial charge on any atom is -0.357 e. The summed E-state index contributed by atoms with van der Waals surface area (Å²) in [6.45, 7) is 13.9. The van der Waals surface area contributed by atoms with Crippen LogP contribution < -0.4 is 10.6 Å². The van der Waals surface area contributed by atoms with Gasteiger partial charge in [0, 0.05) is 38.1 Å². The predicted octanol–water partition coefficient (Wildman–Crippen LogP) is 3.04. The van der Waals surface area contributed by atoms with Crippen LogP contribution in [0.25, 0.3) is 0 Å². The van der Waals surface area contributed by atoms with E-state index in [9.17, 15) is 0 Å². The van der Waals surface area contributed by atoms with Crippen molar-refractivity contribution in [2.45, 2.75) is 66.5 Å². The van der Waals surface area contributed by atoms with Crippen LogP contribution in [-0.4, -0.2) is 34.6 Å². The number of rotatable bonds is 8. The zero-order valence-corrected chi connectivity index (χ0v) is 14.9. The third kappa shape index (κ3) is 8.70. The van der Waals surface area contributed by atoms with E-state index in [4.69, 9.17) is 0 Å². The van der Waals surface area contributed by atoms with Gasteiger partial charge in [-0.1, -0.05) is 20.8 Å². The standard InChI is InChI=1S/C17H33N5/c1-6-19-16(21-15(2)8-9-17(3,4)5)20-10-7-12-22-13-11-18-14-22/h11,13-15H,6-10,12H2,1-5H3,(H2,19,20,21). The topological polar surface area (TPSA) is 54.2 Å². The Morgan fingerprint density at radius 1 is 1.36 bits per heavy atom. The van der Waals surface area contributed by atoms with Crippen LogP contribution in [0.5, 0.6) is 0 Å². The predicted molar refractivity (Wildman–Crippen MR) is 94.1 cm³/mol. The minimum atomic E-state index is 0.385. The van der Waals surface area contributed by atoms with Crippen molar-refractivity contribution in [3.05, 3.63) is 18.7 Å². The second-order valence-corrected chi connectivity index (χ2v) is 7.06. The van der Waals surface area contributed by atoms with Gasteiger partial charge in [0.2, 0.25) is 0 Å².